The monoisotopic (exact) mass is 239 g/mol. The number of rotatable bonds is 3. The molecular formula is C13H13N5. The molecule has 18 heavy (non-hydrogen) atoms. The summed E-state index contributed by atoms with van der Waals surface area (Å²) in [7, 11) is 0. The van der Waals surface area contributed by atoms with Crippen LogP contribution in [0.2, 0.25) is 0 Å². The van der Waals surface area contributed by atoms with Gasteiger partial charge >= 0.3 is 0 Å². The maximum Gasteiger partial charge on any atom is 0.254 e. The van der Waals surface area contributed by atoms with Gasteiger partial charge in [-0.15, -0.1) is 10.2 Å². The molecule has 0 unspecified atom stereocenters. The minimum Gasteiger partial charge on any atom is -0.399 e. The summed E-state index contributed by atoms with van der Waals surface area (Å²) >= 11 is 0. The quantitative estimate of drug-likeness (QED) is 0.703. The fourth-order valence-electron chi connectivity index (χ4n) is 1.97. The summed E-state index contributed by atoms with van der Waals surface area (Å²) in [5.41, 5.74) is 7.88. The molecule has 0 saturated carbocycles. The summed E-state index contributed by atoms with van der Waals surface area (Å²) in [6.45, 7) is 0. The van der Waals surface area contributed by atoms with E-state index in [1.165, 1.54) is 0 Å². The molecule has 3 rings (SSSR count). The molecule has 2 N–H and O–H groups in total. The Balaban J connectivity index is 1.83. The van der Waals surface area contributed by atoms with Gasteiger partial charge in [0.15, 0.2) is 0 Å². The minimum absolute atomic E-state index is 0.633. The second-order valence-electron chi connectivity index (χ2n) is 4.10. The van der Waals surface area contributed by atoms with Crippen molar-refractivity contribution in [1.82, 2.24) is 19.6 Å². The van der Waals surface area contributed by atoms with E-state index < -0.39 is 0 Å². The Morgan fingerprint density at radius 1 is 1.06 bits per heavy atom. The Morgan fingerprint density at radius 3 is 2.83 bits per heavy atom. The molecule has 0 amide bonds. The average molecular weight is 239 g/mol. The number of aryl methyl sites for hydroxylation is 2. The highest BCUT2D eigenvalue weighted by Crippen LogP contribution is 2.13. The Hall–Kier alpha value is -2.43. The van der Waals surface area contributed by atoms with Crippen molar-refractivity contribution >= 4 is 11.5 Å². The van der Waals surface area contributed by atoms with E-state index >= 15 is 0 Å². The van der Waals surface area contributed by atoms with E-state index in [2.05, 4.69) is 15.2 Å². The second-order valence-corrected chi connectivity index (χ2v) is 4.10. The van der Waals surface area contributed by atoms with Gasteiger partial charge < -0.3 is 5.73 Å². The Bertz CT molecular complexity index is 674. The summed E-state index contributed by atoms with van der Waals surface area (Å²) in [4.78, 5) is 4.14. The van der Waals surface area contributed by atoms with Crippen LogP contribution in [0.25, 0.3) is 5.78 Å². The molecule has 0 aliphatic rings. The van der Waals surface area contributed by atoms with Crippen molar-refractivity contribution < 1.29 is 0 Å². The molecule has 0 atom stereocenters. The van der Waals surface area contributed by atoms with Crippen molar-refractivity contribution in [1.29, 1.82) is 0 Å². The van der Waals surface area contributed by atoms with Crippen LogP contribution in [0.15, 0.2) is 42.7 Å². The maximum absolute atomic E-state index is 5.92. The van der Waals surface area contributed by atoms with Gasteiger partial charge in [0.05, 0.1) is 0 Å². The van der Waals surface area contributed by atoms with Gasteiger partial charge in [0.2, 0.25) is 0 Å². The first-order valence-electron chi connectivity index (χ1n) is 5.82. The first-order chi connectivity index (χ1) is 8.84. The number of fused-ring (bicyclic) bond motifs is 1. The Labute approximate surface area is 104 Å². The van der Waals surface area contributed by atoms with Gasteiger partial charge in [0, 0.05) is 24.5 Å². The van der Waals surface area contributed by atoms with Gasteiger partial charge in [-0.1, -0.05) is 18.2 Å². The first-order valence-corrected chi connectivity index (χ1v) is 5.82. The number of hydrogen-bond donors (Lipinski definition) is 1. The van der Waals surface area contributed by atoms with Crippen molar-refractivity contribution in [2.75, 3.05) is 5.73 Å². The van der Waals surface area contributed by atoms with Crippen molar-refractivity contribution in [3.05, 3.63) is 54.1 Å². The lowest BCUT2D eigenvalue weighted by Gasteiger charge is -2.04. The first kappa shape index (κ1) is 10.7. The minimum atomic E-state index is 0.633. The smallest absolute Gasteiger partial charge is 0.254 e. The largest absolute Gasteiger partial charge is 0.399 e. The van der Waals surface area contributed by atoms with E-state index in [-0.39, 0.29) is 0 Å². The van der Waals surface area contributed by atoms with Crippen molar-refractivity contribution in [3.8, 4) is 0 Å². The van der Waals surface area contributed by atoms with Gasteiger partial charge in [-0.3, -0.25) is 4.40 Å². The Kier molecular flexibility index (Phi) is 2.64. The molecule has 90 valence electrons. The van der Waals surface area contributed by atoms with Gasteiger partial charge in [-0.25, -0.2) is 4.98 Å². The topological polar surface area (TPSA) is 69.1 Å². The average Bonchev–Trinajstić information content (AvgIpc) is 2.81. The molecule has 2 heterocycles. The number of nitrogen functional groups attached to an aromatic ring is 1. The van der Waals surface area contributed by atoms with Crippen molar-refractivity contribution in [2.45, 2.75) is 12.8 Å². The fourth-order valence-corrected chi connectivity index (χ4v) is 1.97. The standard InChI is InChI=1S/C13H13N5/c14-11-5-2-1-4-10(11)6-7-12-16-17-13-15-8-3-9-18(12)13/h1-5,8-9H,6-7,14H2. The number of para-hydroxylation sites is 1. The van der Waals surface area contributed by atoms with Crippen LogP contribution in [0, 0.1) is 0 Å². The number of hydrogen-bond acceptors (Lipinski definition) is 4. The number of aromatic nitrogens is 4. The zero-order chi connectivity index (χ0) is 12.4. The number of nitrogens with zero attached hydrogens (tertiary/aromatic N) is 4. The molecule has 5 nitrogen and oxygen atoms in total. The van der Waals surface area contributed by atoms with Crippen LogP contribution in [-0.2, 0) is 12.8 Å². The van der Waals surface area contributed by atoms with Gasteiger partial charge in [0.1, 0.15) is 5.82 Å². The molecule has 1 aromatic carbocycles. The van der Waals surface area contributed by atoms with Crippen LogP contribution in [0.4, 0.5) is 5.69 Å². The van der Waals surface area contributed by atoms with Crippen LogP contribution >= 0.6 is 0 Å². The van der Waals surface area contributed by atoms with Gasteiger partial charge in [0.25, 0.3) is 5.78 Å². The third-order valence-corrected chi connectivity index (χ3v) is 2.93. The zero-order valence-electron chi connectivity index (χ0n) is 9.82. The lowest BCUT2D eigenvalue weighted by Crippen LogP contribution is -2.00. The molecule has 3 aromatic rings. The van der Waals surface area contributed by atoms with Crippen LogP contribution in [0.1, 0.15) is 11.4 Å². The molecule has 2 aromatic heterocycles. The summed E-state index contributed by atoms with van der Waals surface area (Å²) in [5, 5.41) is 8.17. The van der Waals surface area contributed by atoms with E-state index in [0.29, 0.717) is 5.78 Å². The molecule has 0 aliphatic carbocycles. The molecule has 0 fully saturated rings. The van der Waals surface area contributed by atoms with Crippen LogP contribution in [0.3, 0.4) is 0 Å². The lowest BCUT2D eigenvalue weighted by atomic mass is 10.1. The third-order valence-electron chi connectivity index (χ3n) is 2.93. The predicted octanol–water partition coefficient (Wildman–Crippen LogP) is 1.49. The van der Waals surface area contributed by atoms with Crippen molar-refractivity contribution in [3.63, 3.8) is 0 Å². The molecule has 0 spiro atoms. The molecule has 0 radical (unpaired) electrons. The van der Waals surface area contributed by atoms with Crippen LogP contribution in [-0.4, -0.2) is 19.6 Å². The number of nitrogens with two attached hydrogens (primary N) is 1. The molecule has 5 heteroatoms. The summed E-state index contributed by atoms with van der Waals surface area (Å²) in [5.74, 6) is 1.54. The molecule has 0 bridgehead atoms. The maximum atomic E-state index is 5.92. The summed E-state index contributed by atoms with van der Waals surface area (Å²) < 4.78 is 1.90. The zero-order valence-corrected chi connectivity index (χ0v) is 9.82. The van der Waals surface area contributed by atoms with E-state index in [0.717, 1.165) is 29.9 Å². The van der Waals surface area contributed by atoms with Crippen molar-refractivity contribution in [2.24, 2.45) is 0 Å². The summed E-state index contributed by atoms with van der Waals surface area (Å²) in [6, 6.07) is 9.76. The summed E-state index contributed by atoms with van der Waals surface area (Å²) in [6.07, 6.45) is 5.28. The number of benzene rings is 1. The normalized spacial score (nSPS) is 10.9. The molecule has 0 saturated heterocycles. The predicted molar refractivity (Wildman–Crippen MR) is 69.0 cm³/mol. The molecular weight excluding hydrogens is 226 g/mol. The molecule has 0 aliphatic heterocycles. The van der Waals surface area contributed by atoms with E-state index in [1.807, 2.05) is 40.9 Å². The SMILES string of the molecule is Nc1ccccc1CCc1nnc2ncccn12. The fraction of sp³-hybridized carbons (Fsp3) is 0.154. The lowest BCUT2D eigenvalue weighted by molar-refractivity contribution is 0.839. The van der Waals surface area contributed by atoms with E-state index in [4.69, 9.17) is 5.73 Å². The van der Waals surface area contributed by atoms with E-state index in [9.17, 15) is 0 Å². The van der Waals surface area contributed by atoms with Crippen LogP contribution < -0.4 is 5.73 Å². The Morgan fingerprint density at radius 2 is 1.94 bits per heavy atom. The highest BCUT2D eigenvalue weighted by molar-refractivity contribution is 5.46. The second kappa shape index (κ2) is 4.44. The highest BCUT2D eigenvalue weighted by atomic mass is 15.3. The van der Waals surface area contributed by atoms with Gasteiger partial charge in [-0.2, -0.15) is 0 Å². The van der Waals surface area contributed by atoms with Crippen LogP contribution in [0.5, 0.6) is 0 Å². The third kappa shape index (κ3) is 1.90. The van der Waals surface area contributed by atoms with Gasteiger partial charge in [-0.05, 0) is 24.1 Å². The highest BCUT2D eigenvalue weighted by Gasteiger charge is 2.06. The number of anilines is 1. The van der Waals surface area contributed by atoms with E-state index in [1.54, 1.807) is 6.20 Å².